The minimum atomic E-state index is -0.112. The molecule has 1 unspecified atom stereocenters. The summed E-state index contributed by atoms with van der Waals surface area (Å²) in [5, 5.41) is 11.5. The summed E-state index contributed by atoms with van der Waals surface area (Å²) < 4.78 is 0. The molecule has 16 heavy (non-hydrogen) atoms. The van der Waals surface area contributed by atoms with Gasteiger partial charge in [0.1, 0.15) is 0 Å². The quantitative estimate of drug-likeness (QED) is 0.785. The zero-order chi connectivity index (χ0) is 12.0. The Hall–Kier alpha value is -2.08. The van der Waals surface area contributed by atoms with Crippen molar-refractivity contribution in [3.8, 4) is 6.07 Å². The normalized spacial score (nSPS) is 12.1. The molecule has 0 fully saturated rings. The average molecular weight is 214 g/mol. The van der Waals surface area contributed by atoms with E-state index in [9.17, 15) is 4.79 Å². The molecule has 0 spiro atoms. The first-order chi connectivity index (χ1) is 7.67. The number of amides is 1. The number of carbonyl (C=O) groups excluding carboxylic acids is 1. The van der Waals surface area contributed by atoms with Crippen molar-refractivity contribution in [2.24, 2.45) is 0 Å². The number of hydrogen-bond acceptors (Lipinski definition) is 2. The van der Waals surface area contributed by atoms with Crippen LogP contribution in [0.3, 0.4) is 0 Å². The first-order valence-corrected chi connectivity index (χ1v) is 5.10. The summed E-state index contributed by atoms with van der Waals surface area (Å²) in [5.41, 5.74) is 1.60. The van der Waals surface area contributed by atoms with Crippen molar-refractivity contribution >= 4 is 5.91 Å². The minimum Gasteiger partial charge on any atom is -0.346 e. The number of carbonyl (C=O) groups is 1. The number of rotatable bonds is 3. The number of allylic oxidation sites excluding steroid dienone is 1. The molecular formula is C13H14N2O. The molecule has 0 aliphatic heterocycles. The molecule has 1 aromatic carbocycles. The highest BCUT2D eigenvalue weighted by molar-refractivity contribution is 5.87. The van der Waals surface area contributed by atoms with Gasteiger partial charge in [0.2, 0.25) is 5.91 Å². The first-order valence-electron chi connectivity index (χ1n) is 5.10. The van der Waals surface area contributed by atoms with E-state index in [-0.39, 0.29) is 11.9 Å². The molecule has 0 saturated heterocycles. The number of nitriles is 1. The third kappa shape index (κ3) is 3.25. The highest BCUT2D eigenvalue weighted by Gasteiger charge is 2.06. The first kappa shape index (κ1) is 12.0. The Balaban J connectivity index is 2.70. The second-order valence-corrected chi connectivity index (χ2v) is 3.46. The van der Waals surface area contributed by atoms with Crippen LogP contribution in [0.4, 0.5) is 0 Å². The van der Waals surface area contributed by atoms with E-state index in [2.05, 4.69) is 11.4 Å². The van der Waals surface area contributed by atoms with Crippen LogP contribution in [0, 0.1) is 11.3 Å². The van der Waals surface area contributed by atoms with Crippen LogP contribution in [0.25, 0.3) is 0 Å². The molecule has 1 rings (SSSR count). The van der Waals surface area contributed by atoms with Gasteiger partial charge in [-0.3, -0.25) is 4.79 Å². The maximum absolute atomic E-state index is 11.3. The average Bonchev–Trinajstić information content (AvgIpc) is 2.29. The second kappa shape index (κ2) is 5.72. The standard InChI is InChI=1S/C13H14N2O/c1-3-4-13(16)15-10(2)12-7-5-11(9-14)6-8-12/h3-8,10H,1-2H3,(H,15,16). The fourth-order valence-corrected chi connectivity index (χ4v) is 1.34. The zero-order valence-corrected chi connectivity index (χ0v) is 9.40. The Morgan fingerprint density at radius 3 is 2.56 bits per heavy atom. The topological polar surface area (TPSA) is 52.9 Å². The van der Waals surface area contributed by atoms with Crippen molar-refractivity contribution in [3.05, 3.63) is 47.5 Å². The molecule has 3 heteroatoms. The Kier molecular flexibility index (Phi) is 4.28. The van der Waals surface area contributed by atoms with Gasteiger partial charge in [0, 0.05) is 0 Å². The summed E-state index contributed by atoms with van der Waals surface area (Å²) in [5.74, 6) is -0.112. The van der Waals surface area contributed by atoms with Crippen LogP contribution in [-0.2, 0) is 4.79 Å². The largest absolute Gasteiger partial charge is 0.346 e. The molecule has 0 bridgehead atoms. The van der Waals surface area contributed by atoms with Gasteiger partial charge in [0.15, 0.2) is 0 Å². The van der Waals surface area contributed by atoms with E-state index < -0.39 is 0 Å². The molecule has 1 aromatic rings. The molecule has 0 radical (unpaired) electrons. The molecule has 1 atom stereocenters. The van der Waals surface area contributed by atoms with Crippen LogP contribution in [0.15, 0.2) is 36.4 Å². The van der Waals surface area contributed by atoms with Crippen molar-refractivity contribution in [1.82, 2.24) is 5.32 Å². The van der Waals surface area contributed by atoms with Crippen molar-refractivity contribution in [1.29, 1.82) is 5.26 Å². The maximum atomic E-state index is 11.3. The Labute approximate surface area is 95.4 Å². The van der Waals surface area contributed by atoms with Crippen molar-refractivity contribution in [3.63, 3.8) is 0 Å². The predicted molar refractivity (Wildman–Crippen MR) is 62.5 cm³/mol. The summed E-state index contributed by atoms with van der Waals surface area (Å²) in [7, 11) is 0. The third-order valence-electron chi connectivity index (χ3n) is 2.22. The van der Waals surface area contributed by atoms with E-state index in [1.807, 2.05) is 19.1 Å². The second-order valence-electron chi connectivity index (χ2n) is 3.46. The van der Waals surface area contributed by atoms with E-state index in [1.165, 1.54) is 6.08 Å². The lowest BCUT2D eigenvalue weighted by Gasteiger charge is -2.12. The Morgan fingerprint density at radius 1 is 1.44 bits per heavy atom. The molecule has 0 saturated carbocycles. The van der Waals surface area contributed by atoms with Gasteiger partial charge in [-0.25, -0.2) is 0 Å². The van der Waals surface area contributed by atoms with Crippen LogP contribution in [-0.4, -0.2) is 5.91 Å². The van der Waals surface area contributed by atoms with Crippen LogP contribution in [0.1, 0.15) is 31.0 Å². The highest BCUT2D eigenvalue weighted by atomic mass is 16.1. The van der Waals surface area contributed by atoms with Gasteiger partial charge in [-0.05, 0) is 37.6 Å². The van der Waals surface area contributed by atoms with Gasteiger partial charge in [0.05, 0.1) is 17.7 Å². The molecule has 82 valence electrons. The van der Waals surface area contributed by atoms with Crippen molar-refractivity contribution in [2.45, 2.75) is 19.9 Å². The predicted octanol–water partition coefficient (Wildman–Crippen LogP) is 2.31. The zero-order valence-electron chi connectivity index (χ0n) is 9.40. The lowest BCUT2D eigenvalue weighted by molar-refractivity contribution is -0.117. The van der Waals surface area contributed by atoms with Gasteiger partial charge < -0.3 is 5.32 Å². The number of benzene rings is 1. The van der Waals surface area contributed by atoms with E-state index in [4.69, 9.17) is 5.26 Å². The minimum absolute atomic E-state index is 0.0588. The van der Waals surface area contributed by atoms with Crippen LogP contribution < -0.4 is 5.32 Å². The molecule has 1 N–H and O–H groups in total. The molecule has 0 heterocycles. The van der Waals surface area contributed by atoms with Crippen LogP contribution in [0.5, 0.6) is 0 Å². The lowest BCUT2D eigenvalue weighted by Crippen LogP contribution is -2.24. The lowest BCUT2D eigenvalue weighted by atomic mass is 10.1. The van der Waals surface area contributed by atoms with Crippen LogP contribution >= 0.6 is 0 Å². The SMILES string of the molecule is CC=CC(=O)NC(C)c1ccc(C#N)cc1. The monoisotopic (exact) mass is 214 g/mol. The maximum Gasteiger partial charge on any atom is 0.244 e. The van der Waals surface area contributed by atoms with E-state index in [0.29, 0.717) is 5.56 Å². The van der Waals surface area contributed by atoms with Gasteiger partial charge in [-0.2, -0.15) is 5.26 Å². The van der Waals surface area contributed by atoms with Crippen molar-refractivity contribution in [2.75, 3.05) is 0 Å². The third-order valence-corrected chi connectivity index (χ3v) is 2.22. The Morgan fingerprint density at radius 2 is 2.06 bits per heavy atom. The summed E-state index contributed by atoms with van der Waals surface area (Å²) in [6.45, 7) is 3.70. The number of nitrogens with zero attached hydrogens (tertiary/aromatic N) is 1. The van der Waals surface area contributed by atoms with Gasteiger partial charge >= 0.3 is 0 Å². The van der Waals surface area contributed by atoms with E-state index in [1.54, 1.807) is 25.1 Å². The van der Waals surface area contributed by atoms with Gasteiger partial charge in [-0.15, -0.1) is 0 Å². The number of nitrogens with one attached hydrogen (secondary N) is 1. The molecule has 0 aliphatic rings. The fourth-order valence-electron chi connectivity index (χ4n) is 1.34. The summed E-state index contributed by atoms with van der Waals surface area (Å²) in [4.78, 5) is 11.3. The van der Waals surface area contributed by atoms with E-state index >= 15 is 0 Å². The Bertz CT molecular complexity index is 426. The number of hydrogen-bond donors (Lipinski definition) is 1. The molecule has 1 amide bonds. The van der Waals surface area contributed by atoms with Crippen LogP contribution in [0.2, 0.25) is 0 Å². The van der Waals surface area contributed by atoms with Gasteiger partial charge in [-0.1, -0.05) is 18.2 Å². The highest BCUT2D eigenvalue weighted by Crippen LogP contribution is 2.12. The molecule has 3 nitrogen and oxygen atoms in total. The van der Waals surface area contributed by atoms with Crippen molar-refractivity contribution < 1.29 is 4.79 Å². The summed E-state index contributed by atoms with van der Waals surface area (Å²) in [6.07, 6.45) is 3.18. The molecule has 0 aromatic heterocycles. The molecule has 0 aliphatic carbocycles. The van der Waals surface area contributed by atoms with E-state index in [0.717, 1.165) is 5.56 Å². The van der Waals surface area contributed by atoms with Gasteiger partial charge in [0.25, 0.3) is 0 Å². The summed E-state index contributed by atoms with van der Waals surface area (Å²) >= 11 is 0. The fraction of sp³-hybridized carbons (Fsp3) is 0.231. The smallest absolute Gasteiger partial charge is 0.244 e. The summed E-state index contributed by atoms with van der Waals surface area (Å²) in [6, 6.07) is 9.18. The molecular weight excluding hydrogens is 200 g/mol.